The molecule has 1 heterocycles. The van der Waals surface area contributed by atoms with E-state index >= 15 is 0 Å². The van der Waals surface area contributed by atoms with Crippen LogP contribution in [-0.4, -0.2) is 30.3 Å². The van der Waals surface area contributed by atoms with Gasteiger partial charge in [-0.3, -0.25) is 0 Å². The fourth-order valence-corrected chi connectivity index (χ4v) is 4.46. The van der Waals surface area contributed by atoms with Crippen molar-refractivity contribution < 1.29 is 19.4 Å². The Hall–Kier alpha value is -3.38. The van der Waals surface area contributed by atoms with Crippen LogP contribution in [0.25, 0.3) is 17.2 Å². The van der Waals surface area contributed by atoms with Crippen molar-refractivity contribution in [1.29, 1.82) is 0 Å². The topological polar surface area (TPSA) is 75.6 Å². The van der Waals surface area contributed by atoms with Crippen molar-refractivity contribution in [2.24, 2.45) is 0 Å². The highest BCUT2D eigenvalue weighted by Crippen LogP contribution is 2.44. The first kappa shape index (κ1) is 19.9. The second-order valence-electron chi connectivity index (χ2n) is 6.99. The number of aromatic carboxylic acids is 1. The van der Waals surface area contributed by atoms with Crippen LogP contribution in [-0.2, 0) is 4.74 Å². The van der Waals surface area contributed by atoms with Gasteiger partial charge in [0.25, 0.3) is 0 Å². The van der Waals surface area contributed by atoms with E-state index in [1.807, 2.05) is 36.4 Å². The molecule has 1 aliphatic rings. The minimum absolute atomic E-state index is 0.0466. The van der Waals surface area contributed by atoms with Gasteiger partial charge in [0.1, 0.15) is 6.61 Å². The van der Waals surface area contributed by atoms with Gasteiger partial charge in [0.05, 0.1) is 5.56 Å². The molecule has 152 valence electrons. The highest BCUT2D eigenvalue weighted by Gasteiger charge is 2.28. The maximum absolute atomic E-state index is 12.1. The number of carbonyl (C=O) groups is 2. The van der Waals surface area contributed by atoms with Crippen LogP contribution in [0.1, 0.15) is 38.7 Å². The number of hydrogen-bond acceptors (Lipinski definition) is 4. The molecule has 0 spiro atoms. The molecular weight excluding hydrogens is 398 g/mol. The van der Waals surface area contributed by atoms with Gasteiger partial charge in [0.15, 0.2) is 0 Å². The summed E-state index contributed by atoms with van der Waals surface area (Å²) in [7, 11) is 0. The number of thiophene rings is 1. The van der Waals surface area contributed by atoms with E-state index in [1.165, 1.54) is 33.6 Å². The Bertz CT molecular complexity index is 1060. The number of alkyl carbamates (subject to hydrolysis) is 1. The molecule has 0 unspecified atom stereocenters. The van der Waals surface area contributed by atoms with Crippen LogP contribution in [0.2, 0.25) is 0 Å². The lowest BCUT2D eigenvalue weighted by molar-refractivity contribution is 0.0697. The van der Waals surface area contributed by atoms with Crippen molar-refractivity contribution in [2.45, 2.75) is 12.3 Å². The lowest BCUT2D eigenvalue weighted by atomic mass is 9.98. The van der Waals surface area contributed by atoms with E-state index in [4.69, 9.17) is 9.84 Å². The zero-order chi connectivity index (χ0) is 20.9. The van der Waals surface area contributed by atoms with Gasteiger partial charge < -0.3 is 15.2 Å². The number of hydrogen-bond donors (Lipinski definition) is 2. The molecule has 5 nitrogen and oxygen atoms in total. The third-order valence-electron chi connectivity index (χ3n) is 5.07. The number of carboxylic acid groups (broad SMARTS) is 1. The monoisotopic (exact) mass is 419 g/mol. The summed E-state index contributed by atoms with van der Waals surface area (Å²) in [5.41, 5.74) is 5.06. The molecule has 30 heavy (non-hydrogen) atoms. The molecule has 6 heteroatoms. The van der Waals surface area contributed by atoms with Gasteiger partial charge in [-0.2, -0.15) is 0 Å². The van der Waals surface area contributed by atoms with Gasteiger partial charge in [-0.1, -0.05) is 54.6 Å². The van der Waals surface area contributed by atoms with E-state index in [-0.39, 0.29) is 11.5 Å². The number of nitrogens with one attached hydrogen (secondary N) is 1. The molecule has 0 fully saturated rings. The number of fused-ring (bicyclic) bond motifs is 3. The van der Waals surface area contributed by atoms with Crippen LogP contribution >= 0.6 is 11.3 Å². The normalized spacial score (nSPS) is 12.5. The molecule has 4 rings (SSSR count). The summed E-state index contributed by atoms with van der Waals surface area (Å²) in [6, 6.07) is 18.1. The Morgan fingerprint density at radius 3 is 2.37 bits per heavy atom. The van der Waals surface area contributed by atoms with E-state index in [0.29, 0.717) is 19.6 Å². The summed E-state index contributed by atoms with van der Waals surface area (Å²) in [4.78, 5) is 23.9. The number of amides is 1. The van der Waals surface area contributed by atoms with Crippen molar-refractivity contribution in [1.82, 2.24) is 5.32 Å². The van der Waals surface area contributed by atoms with Gasteiger partial charge >= 0.3 is 12.1 Å². The van der Waals surface area contributed by atoms with Gasteiger partial charge in [-0.15, -0.1) is 11.3 Å². The van der Waals surface area contributed by atoms with E-state index in [0.717, 1.165) is 4.88 Å². The van der Waals surface area contributed by atoms with Gasteiger partial charge in [-0.05, 0) is 40.8 Å². The highest BCUT2D eigenvalue weighted by atomic mass is 32.1. The maximum atomic E-state index is 12.1. The summed E-state index contributed by atoms with van der Waals surface area (Å²) in [5.74, 6) is -0.881. The molecule has 0 saturated heterocycles. The zero-order valence-electron chi connectivity index (χ0n) is 16.2. The Kier molecular flexibility index (Phi) is 5.95. The average Bonchev–Trinajstić information content (AvgIpc) is 3.35. The SMILES string of the molecule is O=C(NCCC=Cc1cc(C(=O)O)cs1)OCC1c2ccccc2-c2ccccc21. The Labute approximate surface area is 178 Å². The third-order valence-corrected chi connectivity index (χ3v) is 5.97. The molecule has 1 aliphatic carbocycles. The van der Waals surface area contributed by atoms with Crippen molar-refractivity contribution in [3.05, 3.63) is 87.6 Å². The molecule has 0 radical (unpaired) electrons. The highest BCUT2D eigenvalue weighted by molar-refractivity contribution is 7.11. The molecule has 1 amide bonds. The lowest BCUT2D eigenvalue weighted by Crippen LogP contribution is -2.26. The van der Waals surface area contributed by atoms with Crippen LogP contribution in [0.3, 0.4) is 0 Å². The average molecular weight is 420 g/mol. The van der Waals surface area contributed by atoms with Crippen LogP contribution in [0.5, 0.6) is 0 Å². The van der Waals surface area contributed by atoms with E-state index < -0.39 is 12.1 Å². The Morgan fingerprint density at radius 1 is 1.07 bits per heavy atom. The van der Waals surface area contributed by atoms with Crippen LogP contribution in [0.15, 0.2) is 66.1 Å². The fourth-order valence-electron chi connectivity index (χ4n) is 3.66. The molecule has 2 aromatic carbocycles. The quantitative estimate of drug-likeness (QED) is 0.504. The first-order chi connectivity index (χ1) is 14.6. The Balaban J connectivity index is 1.26. The standard InChI is InChI=1S/C24H21NO4S/c26-23(27)16-13-17(30-15-16)7-5-6-12-25-24(28)29-14-22-20-10-3-1-8-18(20)19-9-2-4-11-21(19)22/h1-5,7-11,13,15,22H,6,12,14H2,(H,25,28)(H,26,27). The Morgan fingerprint density at radius 2 is 1.73 bits per heavy atom. The summed E-state index contributed by atoms with van der Waals surface area (Å²) in [5, 5.41) is 13.3. The van der Waals surface area contributed by atoms with E-state index in [1.54, 1.807) is 11.4 Å². The van der Waals surface area contributed by atoms with Crippen molar-refractivity contribution in [2.75, 3.05) is 13.2 Å². The van der Waals surface area contributed by atoms with Crippen LogP contribution < -0.4 is 5.32 Å². The van der Waals surface area contributed by atoms with Crippen molar-refractivity contribution >= 4 is 29.5 Å². The number of carbonyl (C=O) groups excluding carboxylic acids is 1. The summed E-state index contributed by atoms with van der Waals surface area (Å²) in [6.07, 6.45) is 3.96. The predicted octanol–water partition coefficient (Wildman–Crippen LogP) is 5.39. The first-order valence-electron chi connectivity index (χ1n) is 9.70. The van der Waals surface area contributed by atoms with Gasteiger partial charge in [0, 0.05) is 22.7 Å². The molecule has 0 atom stereocenters. The molecule has 2 N–H and O–H groups in total. The zero-order valence-corrected chi connectivity index (χ0v) is 17.0. The minimum Gasteiger partial charge on any atom is -0.478 e. The second kappa shape index (κ2) is 8.97. The summed E-state index contributed by atoms with van der Waals surface area (Å²) < 4.78 is 5.50. The molecule has 3 aromatic rings. The van der Waals surface area contributed by atoms with E-state index in [9.17, 15) is 9.59 Å². The number of rotatable bonds is 7. The largest absolute Gasteiger partial charge is 0.478 e. The van der Waals surface area contributed by atoms with Crippen LogP contribution in [0.4, 0.5) is 4.79 Å². The third kappa shape index (κ3) is 4.28. The van der Waals surface area contributed by atoms with E-state index in [2.05, 4.69) is 29.6 Å². The molecule has 0 saturated carbocycles. The molecule has 0 aliphatic heterocycles. The number of benzene rings is 2. The second-order valence-corrected chi connectivity index (χ2v) is 7.93. The smallest absolute Gasteiger partial charge is 0.407 e. The predicted molar refractivity (Wildman–Crippen MR) is 118 cm³/mol. The molecule has 1 aromatic heterocycles. The molecular formula is C24H21NO4S. The first-order valence-corrected chi connectivity index (χ1v) is 10.6. The summed E-state index contributed by atoms with van der Waals surface area (Å²) in [6.45, 7) is 0.743. The number of ether oxygens (including phenoxy) is 1. The summed E-state index contributed by atoms with van der Waals surface area (Å²) >= 11 is 1.37. The van der Waals surface area contributed by atoms with Gasteiger partial charge in [0.2, 0.25) is 0 Å². The van der Waals surface area contributed by atoms with Crippen molar-refractivity contribution in [3.8, 4) is 11.1 Å². The van der Waals surface area contributed by atoms with Crippen LogP contribution in [0, 0.1) is 0 Å². The van der Waals surface area contributed by atoms with Gasteiger partial charge in [-0.25, -0.2) is 9.59 Å². The molecule has 0 bridgehead atoms. The fraction of sp³-hybridized carbons (Fsp3) is 0.167. The minimum atomic E-state index is -0.928. The number of carboxylic acids is 1. The van der Waals surface area contributed by atoms with Crippen molar-refractivity contribution in [3.63, 3.8) is 0 Å². The maximum Gasteiger partial charge on any atom is 0.407 e. The lowest BCUT2D eigenvalue weighted by Gasteiger charge is -2.14.